The number of halogens is 1. The molecule has 2 aromatic rings. The molecule has 0 fully saturated rings. The van der Waals surface area contributed by atoms with Crippen LogP contribution in [0.4, 0.5) is 0 Å². The molecule has 0 saturated carbocycles. The van der Waals surface area contributed by atoms with Crippen molar-refractivity contribution in [2.24, 2.45) is 0 Å². The highest BCUT2D eigenvalue weighted by molar-refractivity contribution is 6.32. The van der Waals surface area contributed by atoms with E-state index in [1.165, 1.54) is 6.07 Å². The summed E-state index contributed by atoms with van der Waals surface area (Å²) in [4.78, 5) is 15.1. The van der Waals surface area contributed by atoms with Crippen molar-refractivity contribution in [1.82, 2.24) is 9.55 Å². The minimum atomic E-state index is -0.973. The number of benzene rings is 1. The van der Waals surface area contributed by atoms with E-state index in [1.54, 1.807) is 24.7 Å². The summed E-state index contributed by atoms with van der Waals surface area (Å²) in [5.74, 6) is -0.698. The second-order valence-electron chi connectivity index (χ2n) is 4.31. The topological polar surface area (TPSA) is 55.1 Å². The van der Waals surface area contributed by atoms with Gasteiger partial charge in [0.25, 0.3) is 0 Å². The number of rotatable bonds is 3. The van der Waals surface area contributed by atoms with E-state index in [9.17, 15) is 4.79 Å². The van der Waals surface area contributed by atoms with E-state index >= 15 is 0 Å². The molecule has 1 aromatic carbocycles. The predicted octanol–water partition coefficient (Wildman–Crippen LogP) is 3.35. The number of aromatic nitrogens is 2. The van der Waals surface area contributed by atoms with Crippen molar-refractivity contribution in [2.45, 2.75) is 19.8 Å². The van der Waals surface area contributed by atoms with Crippen LogP contribution in [0.25, 0.3) is 5.69 Å². The number of imidazole rings is 1. The van der Waals surface area contributed by atoms with Gasteiger partial charge in [-0.15, -0.1) is 0 Å². The molecule has 2 rings (SSSR count). The lowest BCUT2D eigenvalue weighted by Crippen LogP contribution is -2.04. The molecule has 0 amide bonds. The molecule has 0 bridgehead atoms. The number of hydrogen-bond acceptors (Lipinski definition) is 2. The van der Waals surface area contributed by atoms with Crippen LogP contribution in [0.15, 0.2) is 30.7 Å². The Morgan fingerprint density at radius 1 is 1.44 bits per heavy atom. The molecule has 0 aliphatic rings. The van der Waals surface area contributed by atoms with Crippen LogP contribution in [0.5, 0.6) is 0 Å². The van der Waals surface area contributed by atoms with Crippen LogP contribution >= 0.6 is 11.6 Å². The maximum Gasteiger partial charge on any atom is 0.335 e. The Hall–Kier alpha value is -1.81. The lowest BCUT2D eigenvalue weighted by Gasteiger charge is -2.12. The lowest BCUT2D eigenvalue weighted by molar-refractivity contribution is 0.0697. The Morgan fingerprint density at radius 3 is 2.78 bits per heavy atom. The molecule has 0 unspecified atom stereocenters. The smallest absolute Gasteiger partial charge is 0.335 e. The summed E-state index contributed by atoms with van der Waals surface area (Å²) in [6.07, 6.45) is 3.40. The van der Waals surface area contributed by atoms with E-state index in [0.717, 1.165) is 5.69 Å². The fraction of sp³-hybridized carbons (Fsp3) is 0.231. The second-order valence-corrected chi connectivity index (χ2v) is 4.72. The monoisotopic (exact) mass is 264 g/mol. The van der Waals surface area contributed by atoms with Gasteiger partial charge in [0.15, 0.2) is 0 Å². The number of hydrogen-bond donors (Lipinski definition) is 1. The summed E-state index contributed by atoms with van der Waals surface area (Å²) >= 11 is 6.13. The molecule has 0 spiro atoms. The molecule has 0 atom stereocenters. The van der Waals surface area contributed by atoms with Crippen molar-refractivity contribution in [3.8, 4) is 5.69 Å². The van der Waals surface area contributed by atoms with Gasteiger partial charge in [-0.2, -0.15) is 0 Å². The van der Waals surface area contributed by atoms with Crippen LogP contribution in [0.1, 0.15) is 35.8 Å². The van der Waals surface area contributed by atoms with Gasteiger partial charge >= 0.3 is 5.97 Å². The van der Waals surface area contributed by atoms with Gasteiger partial charge in [0.2, 0.25) is 0 Å². The fourth-order valence-electron chi connectivity index (χ4n) is 1.76. The third kappa shape index (κ3) is 2.24. The van der Waals surface area contributed by atoms with E-state index < -0.39 is 5.97 Å². The van der Waals surface area contributed by atoms with Gasteiger partial charge in [-0.3, -0.25) is 0 Å². The molecule has 5 heteroatoms. The molecule has 0 aliphatic heterocycles. The van der Waals surface area contributed by atoms with E-state index in [2.05, 4.69) is 4.98 Å². The summed E-state index contributed by atoms with van der Waals surface area (Å²) in [6.45, 7) is 4.09. The van der Waals surface area contributed by atoms with Crippen LogP contribution in [0.3, 0.4) is 0 Å². The van der Waals surface area contributed by atoms with Gasteiger partial charge in [-0.05, 0) is 24.1 Å². The van der Waals surface area contributed by atoms with Gasteiger partial charge < -0.3 is 9.67 Å². The summed E-state index contributed by atoms with van der Waals surface area (Å²) in [7, 11) is 0. The summed E-state index contributed by atoms with van der Waals surface area (Å²) in [5, 5.41) is 9.51. The SMILES string of the molecule is CC(C)c1cncn1-c1cc(C(=O)O)ccc1Cl. The highest BCUT2D eigenvalue weighted by Crippen LogP contribution is 2.26. The highest BCUT2D eigenvalue weighted by atomic mass is 35.5. The van der Waals surface area contributed by atoms with Gasteiger partial charge in [-0.1, -0.05) is 25.4 Å². The van der Waals surface area contributed by atoms with Crippen molar-refractivity contribution in [2.75, 3.05) is 0 Å². The maximum absolute atomic E-state index is 11.0. The van der Waals surface area contributed by atoms with E-state index in [0.29, 0.717) is 10.7 Å². The number of carboxylic acids is 1. The van der Waals surface area contributed by atoms with Crippen LogP contribution in [-0.2, 0) is 0 Å². The summed E-state index contributed by atoms with van der Waals surface area (Å²) in [5.41, 5.74) is 1.83. The average molecular weight is 265 g/mol. The van der Waals surface area contributed by atoms with Gasteiger partial charge in [0.05, 0.1) is 22.6 Å². The number of aromatic carboxylic acids is 1. The Morgan fingerprint density at radius 2 is 2.17 bits per heavy atom. The quantitative estimate of drug-likeness (QED) is 0.925. The first-order valence-electron chi connectivity index (χ1n) is 5.56. The summed E-state index contributed by atoms with van der Waals surface area (Å²) in [6, 6.07) is 4.63. The number of nitrogens with zero attached hydrogens (tertiary/aromatic N) is 2. The Labute approximate surface area is 110 Å². The molecular formula is C13H13ClN2O2. The Bertz CT molecular complexity index is 590. The number of carbonyl (C=O) groups is 1. The van der Waals surface area contributed by atoms with Crippen LogP contribution in [0.2, 0.25) is 5.02 Å². The predicted molar refractivity (Wildman–Crippen MR) is 69.6 cm³/mol. The standard InChI is InChI=1S/C13H13ClN2O2/c1-8(2)12-6-15-7-16(12)11-5-9(13(17)18)3-4-10(11)14/h3-8H,1-2H3,(H,17,18). The maximum atomic E-state index is 11.0. The molecule has 1 heterocycles. The average Bonchev–Trinajstić information content (AvgIpc) is 2.78. The Balaban J connectivity index is 2.59. The molecule has 18 heavy (non-hydrogen) atoms. The zero-order valence-corrected chi connectivity index (χ0v) is 10.8. The number of carboxylic acid groups (broad SMARTS) is 1. The third-order valence-electron chi connectivity index (χ3n) is 2.71. The molecule has 4 nitrogen and oxygen atoms in total. The minimum Gasteiger partial charge on any atom is -0.478 e. The molecule has 94 valence electrons. The van der Waals surface area contributed by atoms with Gasteiger partial charge in [-0.25, -0.2) is 9.78 Å². The van der Waals surface area contributed by atoms with E-state index in [-0.39, 0.29) is 11.5 Å². The van der Waals surface area contributed by atoms with Crippen molar-refractivity contribution < 1.29 is 9.90 Å². The van der Waals surface area contributed by atoms with Crippen molar-refractivity contribution in [3.05, 3.63) is 47.0 Å². The largest absolute Gasteiger partial charge is 0.478 e. The highest BCUT2D eigenvalue weighted by Gasteiger charge is 2.13. The normalized spacial score (nSPS) is 10.9. The molecule has 0 saturated heterocycles. The molecule has 0 aliphatic carbocycles. The first-order chi connectivity index (χ1) is 8.50. The van der Waals surface area contributed by atoms with Crippen LogP contribution in [0, 0.1) is 0 Å². The van der Waals surface area contributed by atoms with Crippen LogP contribution in [-0.4, -0.2) is 20.6 Å². The summed E-state index contributed by atoms with van der Waals surface area (Å²) < 4.78 is 1.82. The van der Waals surface area contributed by atoms with Gasteiger partial charge in [0, 0.05) is 11.9 Å². The second kappa shape index (κ2) is 4.82. The van der Waals surface area contributed by atoms with Crippen molar-refractivity contribution >= 4 is 17.6 Å². The minimum absolute atomic E-state index is 0.206. The molecule has 1 aromatic heterocycles. The zero-order valence-electron chi connectivity index (χ0n) is 10.1. The van der Waals surface area contributed by atoms with Gasteiger partial charge in [0.1, 0.15) is 0 Å². The van der Waals surface area contributed by atoms with E-state index in [1.807, 2.05) is 18.4 Å². The first-order valence-corrected chi connectivity index (χ1v) is 5.94. The Kier molecular flexibility index (Phi) is 3.39. The first kappa shape index (κ1) is 12.6. The lowest BCUT2D eigenvalue weighted by atomic mass is 10.1. The zero-order chi connectivity index (χ0) is 13.3. The molecule has 1 N–H and O–H groups in total. The van der Waals surface area contributed by atoms with Crippen molar-refractivity contribution in [1.29, 1.82) is 0 Å². The van der Waals surface area contributed by atoms with Crippen molar-refractivity contribution in [3.63, 3.8) is 0 Å². The van der Waals surface area contributed by atoms with Crippen LogP contribution < -0.4 is 0 Å². The molecule has 0 radical (unpaired) electrons. The van der Waals surface area contributed by atoms with E-state index in [4.69, 9.17) is 16.7 Å². The fourth-order valence-corrected chi connectivity index (χ4v) is 1.97. The third-order valence-corrected chi connectivity index (χ3v) is 3.03. The molecular weight excluding hydrogens is 252 g/mol.